The molecule has 8 heteroatoms. The Hall–Kier alpha value is -3.32. The number of hydrogen-bond acceptors (Lipinski definition) is 4. The van der Waals surface area contributed by atoms with Gasteiger partial charge >= 0.3 is 5.69 Å². The van der Waals surface area contributed by atoms with Gasteiger partial charge in [-0.3, -0.25) is 13.9 Å². The van der Waals surface area contributed by atoms with E-state index in [9.17, 15) is 9.59 Å². The van der Waals surface area contributed by atoms with Crippen molar-refractivity contribution >= 4 is 34.4 Å². The number of imidazole rings is 1. The molecule has 0 fully saturated rings. The molecule has 0 bridgehead atoms. The quantitative estimate of drug-likeness (QED) is 0.478. The van der Waals surface area contributed by atoms with Crippen molar-refractivity contribution in [1.29, 1.82) is 0 Å². The minimum absolute atomic E-state index is 0.224. The average molecular weight is 450 g/mol. The molecule has 1 unspecified atom stereocenters. The summed E-state index contributed by atoms with van der Waals surface area (Å²) in [6.45, 7) is 5.74. The van der Waals surface area contributed by atoms with Crippen LogP contribution in [0.4, 0.5) is 11.6 Å². The summed E-state index contributed by atoms with van der Waals surface area (Å²) in [6, 6.07) is 15.4. The molecule has 0 saturated heterocycles. The number of benzene rings is 2. The van der Waals surface area contributed by atoms with Crippen LogP contribution in [0.25, 0.3) is 11.2 Å². The number of nitrogens with zero attached hydrogens (tertiary/aromatic N) is 5. The largest absolute Gasteiger partial charge is 0.332 e. The Morgan fingerprint density at radius 2 is 1.88 bits per heavy atom. The van der Waals surface area contributed by atoms with E-state index in [4.69, 9.17) is 16.6 Å². The van der Waals surface area contributed by atoms with Crippen LogP contribution in [0.3, 0.4) is 0 Å². The maximum absolute atomic E-state index is 13.6. The first kappa shape index (κ1) is 20.6. The Morgan fingerprint density at radius 1 is 1.09 bits per heavy atom. The number of rotatable bonds is 3. The Kier molecular flexibility index (Phi) is 4.93. The predicted octanol–water partition coefficient (Wildman–Crippen LogP) is 3.69. The second kappa shape index (κ2) is 7.67. The zero-order valence-electron chi connectivity index (χ0n) is 18.2. The molecule has 3 heterocycles. The van der Waals surface area contributed by atoms with E-state index in [1.165, 1.54) is 9.13 Å². The highest BCUT2D eigenvalue weighted by atomic mass is 35.5. The molecular weight excluding hydrogens is 426 g/mol. The van der Waals surface area contributed by atoms with Crippen LogP contribution in [0, 0.1) is 12.8 Å². The van der Waals surface area contributed by atoms with E-state index in [0.29, 0.717) is 28.7 Å². The molecule has 164 valence electrons. The SMILES string of the molecule is Cc1ccccc1Cn1c(=O)c2c(nc3n2CC(C)CN3c2cccc(Cl)c2)n(C)c1=O. The van der Waals surface area contributed by atoms with Gasteiger partial charge in [0, 0.05) is 30.8 Å². The van der Waals surface area contributed by atoms with E-state index in [2.05, 4.69) is 11.8 Å². The summed E-state index contributed by atoms with van der Waals surface area (Å²) in [5, 5.41) is 0.636. The highest BCUT2D eigenvalue weighted by Crippen LogP contribution is 2.33. The second-order valence-electron chi connectivity index (χ2n) is 8.55. The van der Waals surface area contributed by atoms with Gasteiger partial charge in [-0.15, -0.1) is 0 Å². The Morgan fingerprint density at radius 3 is 2.62 bits per heavy atom. The van der Waals surface area contributed by atoms with Crippen molar-refractivity contribution in [2.75, 3.05) is 11.4 Å². The number of fused-ring (bicyclic) bond motifs is 3. The highest BCUT2D eigenvalue weighted by molar-refractivity contribution is 6.30. The Labute approximate surface area is 190 Å². The van der Waals surface area contributed by atoms with Crippen molar-refractivity contribution in [3.8, 4) is 0 Å². The van der Waals surface area contributed by atoms with Crippen LogP contribution in [0.15, 0.2) is 58.1 Å². The molecule has 5 rings (SSSR count). The third-order valence-corrected chi connectivity index (χ3v) is 6.39. The number of anilines is 2. The Bertz CT molecular complexity index is 1470. The molecule has 7 nitrogen and oxygen atoms in total. The van der Waals surface area contributed by atoms with Gasteiger partial charge in [-0.05, 0) is 42.2 Å². The van der Waals surface area contributed by atoms with Gasteiger partial charge in [0.25, 0.3) is 5.56 Å². The van der Waals surface area contributed by atoms with E-state index in [1.54, 1.807) is 7.05 Å². The average Bonchev–Trinajstić information content (AvgIpc) is 3.15. The lowest BCUT2D eigenvalue weighted by Gasteiger charge is -2.33. The maximum Gasteiger partial charge on any atom is 0.332 e. The summed E-state index contributed by atoms with van der Waals surface area (Å²) in [4.78, 5) is 33.6. The minimum Gasteiger partial charge on any atom is -0.312 e. The molecule has 1 aliphatic rings. The van der Waals surface area contributed by atoms with Crippen molar-refractivity contribution in [1.82, 2.24) is 18.7 Å². The normalized spacial score (nSPS) is 15.9. The smallest absolute Gasteiger partial charge is 0.312 e. The molecular formula is C24H24ClN5O2. The summed E-state index contributed by atoms with van der Waals surface area (Å²) in [7, 11) is 1.67. The van der Waals surface area contributed by atoms with Crippen LogP contribution in [0.1, 0.15) is 18.1 Å². The lowest BCUT2D eigenvalue weighted by molar-refractivity contribution is 0.458. The minimum atomic E-state index is -0.372. The van der Waals surface area contributed by atoms with Crippen LogP contribution in [-0.2, 0) is 20.1 Å². The fourth-order valence-corrected chi connectivity index (χ4v) is 4.65. The van der Waals surface area contributed by atoms with Gasteiger partial charge in [0.2, 0.25) is 5.95 Å². The van der Waals surface area contributed by atoms with E-state index in [-0.39, 0.29) is 23.7 Å². The van der Waals surface area contributed by atoms with Crippen molar-refractivity contribution in [3.05, 3.63) is 85.5 Å². The molecule has 2 aromatic carbocycles. The van der Waals surface area contributed by atoms with Crippen molar-refractivity contribution in [2.24, 2.45) is 13.0 Å². The molecule has 1 atom stereocenters. The zero-order chi connectivity index (χ0) is 22.6. The number of aromatic nitrogens is 4. The number of halogens is 1. The molecule has 4 aromatic rings. The van der Waals surface area contributed by atoms with Crippen molar-refractivity contribution < 1.29 is 0 Å². The molecule has 32 heavy (non-hydrogen) atoms. The monoisotopic (exact) mass is 449 g/mol. The summed E-state index contributed by atoms with van der Waals surface area (Å²) in [5.41, 5.74) is 3.06. The van der Waals surface area contributed by atoms with E-state index >= 15 is 0 Å². The first-order valence-electron chi connectivity index (χ1n) is 10.6. The van der Waals surface area contributed by atoms with Crippen LogP contribution >= 0.6 is 11.6 Å². The van der Waals surface area contributed by atoms with Crippen LogP contribution in [-0.4, -0.2) is 25.2 Å². The first-order chi connectivity index (χ1) is 15.3. The molecule has 0 amide bonds. The van der Waals surface area contributed by atoms with Gasteiger partial charge in [0.15, 0.2) is 11.2 Å². The van der Waals surface area contributed by atoms with Gasteiger partial charge in [-0.2, -0.15) is 4.98 Å². The van der Waals surface area contributed by atoms with E-state index < -0.39 is 0 Å². The lowest BCUT2D eigenvalue weighted by atomic mass is 10.1. The summed E-state index contributed by atoms with van der Waals surface area (Å²) in [5.74, 6) is 0.932. The standard InChI is InChI=1S/C24H24ClN5O2/c1-15-12-28(19-10-6-9-18(25)11-19)23-26-21-20(29(23)13-15)22(31)30(24(32)27(21)3)14-17-8-5-4-7-16(17)2/h4-11,15H,12-14H2,1-3H3. The summed E-state index contributed by atoms with van der Waals surface area (Å²) in [6.07, 6.45) is 0. The highest BCUT2D eigenvalue weighted by Gasteiger charge is 2.30. The van der Waals surface area contributed by atoms with Gasteiger partial charge in [0.05, 0.1) is 6.54 Å². The fraction of sp³-hybridized carbons (Fsp3) is 0.292. The number of aryl methyl sites for hydroxylation is 2. The Balaban J connectivity index is 1.74. The number of hydrogen-bond donors (Lipinski definition) is 0. The molecule has 0 aliphatic carbocycles. The van der Waals surface area contributed by atoms with Crippen molar-refractivity contribution in [3.63, 3.8) is 0 Å². The topological polar surface area (TPSA) is 65.1 Å². The van der Waals surface area contributed by atoms with Crippen LogP contribution in [0.5, 0.6) is 0 Å². The van der Waals surface area contributed by atoms with Crippen LogP contribution in [0.2, 0.25) is 5.02 Å². The predicted molar refractivity (Wildman–Crippen MR) is 127 cm³/mol. The van der Waals surface area contributed by atoms with E-state index in [0.717, 1.165) is 23.4 Å². The second-order valence-corrected chi connectivity index (χ2v) is 8.99. The molecule has 0 saturated carbocycles. The lowest BCUT2D eigenvalue weighted by Crippen LogP contribution is -2.40. The zero-order valence-corrected chi connectivity index (χ0v) is 19.0. The van der Waals surface area contributed by atoms with Crippen LogP contribution < -0.4 is 16.1 Å². The van der Waals surface area contributed by atoms with E-state index in [1.807, 2.05) is 60.0 Å². The van der Waals surface area contributed by atoms with Gasteiger partial charge < -0.3 is 9.47 Å². The molecule has 0 radical (unpaired) electrons. The van der Waals surface area contributed by atoms with Crippen molar-refractivity contribution in [2.45, 2.75) is 26.9 Å². The third-order valence-electron chi connectivity index (χ3n) is 6.15. The molecule has 0 spiro atoms. The van der Waals surface area contributed by atoms with Gasteiger partial charge in [-0.1, -0.05) is 48.9 Å². The first-order valence-corrected chi connectivity index (χ1v) is 11.0. The maximum atomic E-state index is 13.6. The molecule has 1 aliphatic heterocycles. The van der Waals surface area contributed by atoms with Gasteiger partial charge in [0.1, 0.15) is 0 Å². The summed E-state index contributed by atoms with van der Waals surface area (Å²) < 4.78 is 4.73. The third kappa shape index (κ3) is 3.24. The molecule has 2 aromatic heterocycles. The fourth-order valence-electron chi connectivity index (χ4n) is 4.46. The molecule has 0 N–H and O–H groups in total. The van der Waals surface area contributed by atoms with Gasteiger partial charge in [-0.25, -0.2) is 4.79 Å². The summed E-state index contributed by atoms with van der Waals surface area (Å²) >= 11 is 6.24.